The molecule has 1 aromatic rings. The normalized spacial score (nSPS) is 10.3. The second kappa shape index (κ2) is 7.09. The molecule has 4 heteroatoms. The molecule has 0 heterocycles. The van der Waals surface area contributed by atoms with E-state index in [1.165, 1.54) is 0 Å². The van der Waals surface area contributed by atoms with E-state index in [-0.39, 0.29) is 0 Å². The minimum atomic E-state index is 0.639. The molecule has 0 saturated carbocycles. The molecule has 0 aromatic heterocycles. The zero-order chi connectivity index (χ0) is 11.1. The molecule has 0 aliphatic heterocycles. The average molecular weight is 293 g/mol. The standard InChI is InChI=1S/C11H15BrClNO/c1-2-5-14-6-7-15-11-4-3-9(12)8-10(11)13/h3-4,8,14H,2,5-7H2,1H3. The van der Waals surface area contributed by atoms with Gasteiger partial charge in [0.25, 0.3) is 0 Å². The molecule has 15 heavy (non-hydrogen) atoms. The summed E-state index contributed by atoms with van der Waals surface area (Å²) in [5.41, 5.74) is 0. The zero-order valence-electron chi connectivity index (χ0n) is 8.72. The molecule has 0 radical (unpaired) electrons. The van der Waals surface area contributed by atoms with Crippen molar-refractivity contribution >= 4 is 27.5 Å². The van der Waals surface area contributed by atoms with Crippen LogP contribution in [0.25, 0.3) is 0 Å². The molecule has 0 bridgehead atoms. The highest BCUT2D eigenvalue weighted by atomic mass is 79.9. The van der Waals surface area contributed by atoms with Crippen LogP contribution in [0.15, 0.2) is 22.7 Å². The highest BCUT2D eigenvalue weighted by molar-refractivity contribution is 9.10. The van der Waals surface area contributed by atoms with Gasteiger partial charge in [-0.1, -0.05) is 34.5 Å². The largest absolute Gasteiger partial charge is 0.491 e. The predicted molar refractivity (Wildman–Crippen MR) is 67.8 cm³/mol. The molecule has 0 aliphatic rings. The second-order valence-electron chi connectivity index (χ2n) is 3.17. The van der Waals surface area contributed by atoms with Crippen molar-refractivity contribution in [2.24, 2.45) is 0 Å². The third-order valence-electron chi connectivity index (χ3n) is 1.86. The zero-order valence-corrected chi connectivity index (χ0v) is 11.1. The lowest BCUT2D eigenvalue weighted by Crippen LogP contribution is -2.21. The Morgan fingerprint density at radius 1 is 1.40 bits per heavy atom. The molecule has 0 unspecified atom stereocenters. The fourth-order valence-electron chi connectivity index (χ4n) is 1.13. The Balaban J connectivity index is 2.31. The summed E-state index contributed by atoms with van der Waals surface area (Å²) in [5.74, 6) is 0.734. The fourth-order valence-corrected chi connectivity index (χ4v) is 1.86. The van der Waals surface area contributed by atoms with Crippen LogP contribution in [0.4, 0.5) is 0 Å². The van der Waals surface area contributed by atoms with Gasteiger partial charge in [0.2, 0.25) is 0 Å². The van der Waals surface area contributed by atoms with Crippen LogP contribution in [0.2, 0.25) is 5.02 Å². The molecule has 0 aliphatic carbocycles. The number of rotatable bonds is 6. The summed E-state index contributed by atoms with van der Waals surface area (Å²) in [6.07, 6.45) is 1.14. The molecule has 2 nitrogen and oxygen atoms in total. The number of nitrogens with one attached hydrogen (secondary N) is 1. The van der Waals surface area contributed by atoms with Crippen LogP contribution in [-0.4, -0.2) is 19.7 Å². The summed E-state index contributed by atoms with van der Waals surface area (Å²) in [5, 5.41) is 3.90. The van der Waals surface area contributed by atoms with Crippen molar-refractivity contribution in [3.8, 4) is 5.75 Å². The van der Waals surface area contributed by atoms with Gasteiger partial charge in [0.1, 0.15) is 12.4 Å². The average Bonchev–Trinajstić information content (AvgIpc) is 2.20. The number of hydrogen-bond acceptors (Lipinski definition) is 2. The Bertz CT molecular complexity index is 307. The third kappa shape index (κ3) is 4.87. The van der Waals surface area contributed by atoms with Gasteiger partial charge in [0.15, 0.2) is 0 Å². The summed E-state index contributed by atoms with van der Waals surface area (Å²) in [4.78, 5) is 0. The van der Waals surface area contributed by atoms with Crippen LogP contribution in [0.3, 0.4) is 0 Å². The maximum absolute atomic E-state index is 5.99. The topological polar surface area (TPSA) is 21.3 Å². The molecule has 0 atom stereocenters. The summed E-state index contributed by atoms with van der Waals surface area (Å²) < 4.78 is 6.49. The molecule has 1 aromatic carbocycles. The molecular formula is C11H15BrClNO. The van der Waals surface area contributed by atoms with Crippen molar-refractivity contribution in [2.45, 2.75) is 13.3 Å². The smallest absolute Gasteiger partial charge is 0.138 e. The molecule has 0 amide bonds. The summed E-state index contributed by atoms with van der Waals surface area (Å²) in [6, 6.07) is 5.61. The van der Waals surface area contributed by atoms with Crippen molar-refractivity contribution in [1.82, 2.24) is 5.32 Å². The van der Waals surface area contributed by atoms with E-state index in [2.05, 4.69) is 28.2 Å². The summed E-state index contributed by atoms with van der Waals surface area (Å²) in [7, 11) is 0. The molecule has 0 saturated heterocycles. The number of benzene rings is 1. The Labute approximate surface area is 104 Å². The van der Waals surface area contributed by atoms with E-state index in [9.17, 15) is 0 Å². The van der Waals surface area contributed by atoms with Gasteiger partial charge in [-0.15, -0.1) is 0 Å². The Morgan fingerprint density at radius 3 is 2.87 bits per heavy atom. The van der Waals surface area contributed by atoms with E-state index in [0.29, 0.717) is 11.6 Å². The molecular weight excluding hydrogens is 277 g/mol. The summed E-state index contributed by atoms with van der Waals surface area (Å²) in [6.45, 7) is 4.65. The van der Waals surface area contributed by atoms with E-state index in [0.717, 1.165) is 29.7 Å². The van der Waals surface area contributed by atoms with E-state index in [4.69, 9.17) is 16.3 Å². The van der Waals surface area contributed by atoms with Gasteiger partial charge in [0.05, 0.1) is 5.02 Å². The minimum Gasteiger partial charge on any atom is -0.491 e. The van der Waals surface area contributed by atoms with Crippen LogP contribution in [0, 0.1) is 0 Å². The lowest BCUT2D eigenvalue weighted by Gasteiger charge is -2.08. The van der Waals surface area contributed by atoms with Crippen molar-refractivity contribution in [3.05, 3.63) is 27.7 Å². The van der Waals surface area contributed by atoms with Gasteiger partial charge >= 0.3 is 0 Å². The van der Waals surface area contributed by atoms with Crippen molar-refractivity contribution in [2.75, 3.05) is 19.7 Å². The van der Waals surface area contributed by atoms with E-state index < -0.39 is 0 Å². The SMILES string of the molecule is CCCNCCOc1ccc(Br)cc1Cl. The van der Waals surface area contributed by atoms with Crippen molar-refractivity contribution in [1.29, 1.82) is 0 Å². The maximum Gasteiger partial charge on any atom is 0.138 e. The first kappa shape index (κ1) is 12.8. The summed E-state index contributed by atoms with van der Waals surface area (Å²) >= 11 is 9.34. The van der Waals surface area contributed by atoms with Gasteiger partial charge in [-0.2, -0.15) is 0 Å². The molecule has 1 rings (SSSR count). The molecule has 84 valence electrons. The van der Waals surface area contributed by atoms with Crippen LogP contribution in [-0.2, 0) is 0 Å². The van der Waals surface area contributed by atoms with Crippen LogP contribution in [0.5, 0.6) is 5.75 Å². The minimum absolute atomic E-state index is 0.639. The van der Waals surface area contributed by atoms with Crippen molar-refractivity contribution in [3.63, 3.8) is 0 Å². The quantitative estimate of drug-likeness (QED) is 0.811. The van der Waals surface area contributed by atoms with Gasteiger partial charge < -0.3 is 10.1 Å². The van der Waals surface area contributed by atoms with Crippen molar-refractivity contribution < 1.29 is 4.74 Å². The van der Waals surface area contributed by atoms with Gasteiger partial charge in [-0.3, -0.25) is 0 Å². The first-order chi connectivity index (χ1) is 7.24. The van der Waals surface area contributed by atoms with Gasteiger partial charge in [0, 0.05) is 11.0 Å². The Morgan fingerprint density at radius 2 is 2.20 bits per heavy atom. The number of halogens is 2. The third-order valence-corrected chi connectivity index (χ3v) is 2.65. The first-order valence-corrected chi connectivity index (χ1v) is 6.19. The van der Waals surface area contributed by atoms with Crippen LogP contribution >= 0.6 is 27.5 Å². The lowest BCUT2D eigenvalue weighted by atomic mass is 10.3. The van der Waals surface area contributed by atoms with Gasteiger partial charge in [-0.05, 0) is 31.2 Å². The Kier molecular flexibility index (Phi) is 6.06. The van der Waals surface area contributed by atoms with Gasteiger partial charge in [-0.25, -0.2) is 0 Å². The predicted octanol–water partition coefficient (Wildman–Crippen LogP) is 3.48. The Hall–Kier alpha value is -0.250. The molecule has 0 fully saturated rings. The molecule has 0 spiro atoms. The lowest BCUT2D eigenvalue weighted by molar-refractivity contribution is 0.314. The first-order valence-electron chi connectivity index (χ1n) is 5.02. The van der Waals surface area contributed by atoms with E-state index >= 15 is 0 Å². The molecule has 1 N–H and O–H groups in total. The second-order valence-corrected chi connectivity index (χ2v) is 4.50. The fraction of sp³-hybridized carbons (Fsp3) is 0.455. The van der Waals surface area contributed by atoms with Crippen LogP contribution < -0.4 is 10.1 Å². The van der Waals surface area contributed by atoms with E-state index in [1.54, 1.807) is 0 Å². The highest BCUT2D eigenvalue weighted by Gasteiger charge is 2.01. The number of hydrogen-bond donors (Lipinski definition) is 1. The number of ether oxygens (including phenoxy) is 1. The monoisotopic (exact) mass is 291 g/mol. The van der Waals surface area contributed by atoms with E-state index in [1.807, 2.05) is 18.2 Å². The van der Waals surface area contributed by atoms with Crippen LogP contribution in [0.1, 0.15) is 13.3 Å². The maximum atomic E-state index is 5.99. The highest BCUT2D eigenvalue weighted by Crippen LogP contribution is 2.27.